The minimum absolute atomic E-state index is 0.0858. The van der Waals surface area contributed by atoms with Crippen LogP contribution in [0.4, 0.5) is 11.9 Å². The summed E-state index contributed by atoms with van der Waals surface area (Å²) in [5.74, 6) is 0.489. The maximum atomic E-state index is 5.67. The van der Waals surface area contributed by atoms with E-state index in [0.29, 0.717) is 12.6 Å². The second-order valence-corrected chi connectivity index (χ2v) is 3.71. The van der Waals surface area contributed by atoms with Gasteiger partial charge in [0.15, 0.2) is 0 Å². The molecule has 6 nitrogen and oxygen atoms in total. The first kappa shape index (κ1) is 12.9. The predicted molar refractivity (Wildman–Crippen MR) is 63.4 cm³/mol. The lowest BCUT2D eigenvalue weighted by Gasteiger charge is -2.16. The van der Waals surface area contributed by atoms with Crippen LogP contribution in [-0.2, 0) is 4.74 Å². The standard InChI is InChI=1S/C9H16ClN5O/c1-3-4-6(5-16-2)12-9-14-7(10)13-8(11)15-9/h6H,3-5H2,1-2H3,(H3,11,12,13,14,15). The van der Waals surface area contributed by atoms with Gasteiger partial charge in [-0.15, -0.1) is 0 Å². The SMILES string of the molecule is CCCC(COC)Nc1nc(N)nc(Cl)n1. The summed E-state index contributed by atoms with van der Waals surface area (Å²) in [6.07, 6.45) is 1.99. The third kappa shape index (κ3) is 4.16. The Hall–Kier alpha value is -1.14. The van der Waals surface area contributed by atoms with Crippen molar-refractivity contribution in [2.24, 2.45) is 0 Å². The number of rotatable bonds is 6. The van der Waals surface area contributed by atoms with Crippen LogP contribution in [-0.4, -0.2) is 34.7 Å². The Morgan fingerprint density at radius 1 is 1.44 bits per heavy atom. The van der Waals surface area contributed by atoms with Crippen LogP contribution in [0.2, 0.25) is 5.28 Å². The molecule has 1 rings (SSSR count). The molecule has 1 heterocycles. The molecule has 0 saturated carbocycles. The lowest BCUT2D eigenvalue weighted by Crippen LogP contribution is -2.26. The van der Waals surface area contributed by atoms with Crippen molar-refractivity contribution in [1.29, 1.82) is 0 Å². The highest BCUT2D eigenvalue weighted by molar-refractivity contribution is 6.28. The number of nitrogens with two attached hydrogens (primary N) is 1. The van der Waals surface area contributed by atoms with Crippen molar-refractivity contribution in [1.82, 2.24) is 15.0 Å². The number of halogens is 1. The van der Waals surface area contributed by atoms with Crippen molar-refractivity contribution in [2.75, 3.05) is 24.8 Å². The lowest BCUT2D eigenvalue weighted by molar-refractivity contribution is 0.182. The van der Waals surface area contributed by atoms with E-state index in [2.05, 4.69) is 27.2 Å². The zero-order chi connectivity index (χ0) is 12.0. The topological polar surface area (TPSA) is 86.0 Å². The van der Waals surface area contributed by atoms with Gasteiger partial charge in [-0.25, -0.2) is 0 Å². The molecule has 0 aliphatic heterocycles. The third-order valence-electron chi connectivity index (χ3n) is 1.96. The van der Waals surface area contributed by atoms with Crippen LogP contribution in [0.25, 0.3) is 0 Å². The Bertz CT molecular complexity index is 309. The van der Waals surface area contributed by atoms with Crippen LogP contribution in [0.1, 0.15) is 19.8 Å². The number of nitrogens with zero attached hydrogens (tertiary/aromatic N) is 3. The van der Waals surface area contributed by atoms with Gasteiger partial charge in [-0.3, -0.25) is 0 Å². The van der Waals surface area contributed by atoms with Crippen LogP contribution >= 0.6 is 11.6 Å². The van der Waals surface area contributed by atoms with Crippen molar-refractivity contribution >= 4 is 23.5 Å². The van der Waals surface area contributed by atoms with Gasteiger partial charge in [-0.1, -0.05) is 13.3 Å². The maximum absolute atomic E-state index is 5.67. The molecule has 0 spiro atoms. The van der Waals surface area contributed by atoms with E-state index < -0.39 is 0 Å². The number of anilines is 2. The molecular formula is C9H16ClN5O. The Morgan fingerprint density at radius 3 is 2.75 bits per heavy atom. The molecule has 90 valence electrons. The van der Waals surface area contributed by atoms with Crippen LogP contribution in [0, 0.1) is 0 Å². The van der Waals surface area contributed by atoms with Crippen LogP contribution < -0.4 is 11.1 Å². The molecular weight excluding hydrogens is 230 g/mol. The molecule has 0 amide bonds. The van der Waals surface area contributed by atoms with Crippen LogP contribution in [0.15, 0.2) is 0 Å². The predicted octanol–water partition coefficient (Wildman–Crippen LogP) is 1.33. The molecule has 7 heteroatoms. The fourth-order valence-corrected chi connectivity index (χ4v) is 1.53. The van der Waals surface area contributed by atoms with Crippen molar-refractivity contribution in [2.45, 2.75) is 25.8 Å². The number of methoxy groups -OCH3 is 1. The Morgan fingerprint density at radius 2 is 2.19 bits per heavy atom. The van der Waals surface area contributed by atoms with E-state index in [1.54, 1.807) is 7.11 Å². The van der Waals surface area contributed by atoms with Gasteiger partial charge in [0.1, 0.15) is 0 Å². The summed E-state index contributed by atoms with van der Waals surface area (Å²) >= 11 is 5.67. The highest BCUT2D eigenvalue weighted by Gasteiger charge is 2.10. The molecule has 0 bridgehead atoms. The van der Waals surface area contributed by atoms with Gasteiger partial charge >= 0.3 is 0 Å². The first-order valence-corrected chi connectivity index (χ1v) is 5.46. The summed E-state index contributed by atoms with van der Waals surface area (Å²) in [6.45, 7) is 2.68. The van der Waals surface area contributed by atoms with Gasteiger partial charge in [0.25, 0.3) is 0 Å². The highest BCUT2D eigenvalue weighted by atomic mass is 35.5. The van der Waals surface area contributed by atoms with Gasteiger partial charge in [-0.2, -0.15) is 15.0 Å². The summed E-state index contributed by atoms with van der Waals surface area (Å²) in [7, 11) is 1.65. The molecule has 0 aromatic carbocycles. The summed E-state index contributed by atoms with van der Waals surface area (Å²) in [5, 5.41) is 3.20. The molecule has 0 fully saturated rings. The van der Waals surface area contributed by atoms with E-state index in [1.165, 1.54) is 0 Å². The molecule has 0 radical (unpaired) electrons. The average Bonchev–Trinajstić information content (AvgIpc) is 2.16. The molecule has 0 aliphatic rings. The minimum Gasteiger partial charge on any atom is -0.383 e. The first-order valence-electron chi connectivity index (χ1n) is 5.08. The van der Waals surface area contributed by atoms with Gasteiger partial charge in [0.05, 0.1) is 12.6 Å². The highest BCUT2D eigenvalue weighted by Crippen LogP contribution is 2.10. The van der Waals surface area contributed by atoms with Crippen molar-refractivity contribution in [3.63, 3.8) is 0 Å². The summed E-state index contributed by atoms with van der Waals surface area (Å²) in [5.41, 5.74) is 5.47. The molecule has 0 aliphatic carbocycles. The Kier molecular flexibility index (Phi) is 5.21. The number of ether oxygens (including phenoxy) is 1. The average molecular weight is 246 g/mol. The van der Waals surface area contributed by atoms with Gasteiger partial charge in [0, 0.05) is 7.11 Å². The van der Waals surface area contributed by atoms with E-state index in [4.69, 9.17) is 22.1 Å². The van der Waals surface area contributed by atoms with Gasteiger partial charge in [-0.05, 0) is 18.0 Å². The summed E-state index contributed by atoms with van der Waals surface area (Å²) < 4.78 is 5.09. The smallest absolute Gasteiger partial charge is 0.229 e. The van der Waals surface area contributed by atoms with Crippen molar-refractivity contribution < 1.29 is 4.74 Å². The molecule has 1 unspecified atom stereocenters. The van der Waals surface area contributed by atoms with Crippen molar-refractivity contribution in [3.8, 4) is 0 Å². The van der Waals surface area contributed by atoms with E-state index >= 15 is 0 Å². The molecule has 1 aromatic heterocycles. The molecule has 1 atom stereocenters. The lowest BCUT2D eigenvalue weighted by atomic mass is 10.2. The Balaban J connectivity index is 2.68. The maximum Gasteiger partial charge on any atom is 0.229 e. The number of aromatic nitrogens is 3. The van der Waals surface area contributed by atoms with E-state index in [1.807, 2.05) is 0 Å². The molecule has 0 saturated heterocycles. The van der Waals surface area contributed by atoms with E-state index in [9.17, 15) is 0 Å². The fourth-order valence-electron chi connectivity index (χ4n) is 1.36. The van der Waals surface area contributed by atoms with Crippen LogP contribution in [0.5, 0.6) is 0 Å². The van der Waals surface area contributed by atoms with E-state index in [0.717, 1.165) is 12.8 Å². The molecule has 16 heavy (non-hydrogen) atoms. The number of hydrogen-bond acceptors (Lipinski definition) is 6. The summed E-state index contributed by atoms with van der Waals surface area (Å²) in [4.78, 5) is 11.6. The number of hydrogen-bond donors (Lipinski definition) is 2. The van der Waals surface area contributed by atoms with E-state index in [-0.39, 0.29) is 17.3 Å². The number of nitrogen functional groups attached to an aromatic ring is 1. The second kappa shape index (κ2) is 6.44. The quantitative estimate of drug-likeness (QED) is 0.787. The van der Waals surface area contributed by atoms with Crippen molar-refractivity contribution in [3.05, 3.63) is 5.28 Å². The normalized spacial score (nSPS) is 12.4. The minimum atomic E-state index is 0.0858. The zero-order valence-corrected chi connectivity index (χ0v) is 10.2. The monoisotopic (exact) mass is 245 g/mol. The second-order valence-electron chi connectivity index (χ2n) is 3.37. The molecule has 1 aromatic rings. The first-order chi connectivity index (χ1) is 7.65. The van der Waals surface area contributed by atoms with Gasteiger partial charge < -0.3 is 15.8 Å². The summed E-state index contributed by atoms with van der Waals surface area (Å²) in [6, 6.07) is 0.146. The van der Waals surface area contributed by atoms with Gasteiger partial charge in [0.2, 0.25) is 17.2 Å². The largest absolute Gasteiger partial charge is 0.383 e. The molecule has 3 N–H and O–H groups in total. The third-order valence-corrected chi connectivity index (χ3v) is 2.13. The zero-order valence-electron chi connectivity index (χ0n) is 9.40. The Labute approximate surface area is 99.6 Å². The van der Waals surface area contributed by atoms with Crippen LogP contribution in [0.3, 0.4) is 0 Å². The number of nitrogens with one attached hydrogen (secondary N) is 1. The fraction of sp³-hybridized carbons (Fsp3) is 0.667.